The maximum atomic E-state index is 14.1. The molecule has 3 aromatic rings. The predicted octanol–water partition coefficient (Wildman–Crippen LogP) is 4.17. The van der Waals surface area contributed by atoms with E-state index in [9.17, 15) is 18.8 Å². The van der Waals surface area contributed by atoms with E-state index in [1.165, 1.54) is 19.1 Å². The molecule has 8 heteroatoms. The van der Waals surface area contributed by atoms with Gasteiger partial charge in [0.15, 0.2) is 0 Å². The number of benzene rings is 3. The number of carbonyl (C=O) groups is 3. The van der Waals surface area contributed by atoms with E-state index in [0.29, 0.717) is 36.5 Å². The Hall–Kier alpha value is -4.20. The number of nitrogens with one attached hydrogen (secondary N) is 1. The van der Waals surface area contributed by atoms with Crippen molar-refractivity contribution in [3.8, 4) is 5.75 Å². The summed E-state index contributed by atoms with van der Waals surface area (Å²) in [6, 6.07) is 22.2. The Labute approximate surface area is 222 Å². The van der Waals surface area contributed by atoms with Crippen LogP contribution < -0.4 is 10.1 Å². The number of nitrogens with zero attached hydrogens (tertiary/aromatic N) is 2. The predicted molar refractivity (Wildman–Crippen MR) is 142 cm³/mol. The summed E-state index contributed by atoms with van der Waals surface area (Å²) in [5.74, 6) is -0.566. The van der Waals surface area contributed by atoms with Crippen LogP contribution in [-0.2, 0) is 22.7 Å². The number of amides is 3. The average Bonchev–Trinajstić information content (AvgIpc) is 2.95. The van der Waals surface area contributed by atoms with E-state index < -0.39 is 11.4 Å². The molecule has 0 bridgehead atoms. The number of carbonyl (C=O) groups excluding carboxylic acids is 3. The minimum atomic E-state index is -1.25. The van der Waals surface area contributed by atoms with E-state index >= 15 is 0 Å². The molecule has 0 saturated carbocycles. The van der Waals surface area contributed by atoms with Gasteiger partial charge in [0, 0.05) is 38.7 Å². The Morgan fingerprint density at radius 3 is 2.21 bits per heavy atom. The molecule has 3 aromatic carbocycles. The van der Waals surface area contributed by atoms with Crippen molar-refractivity contribution < 1.29 is 23.5 Å². The third-order valence-electron chi connectivity index (χ3n) is 7.08. The van der Waals surface area contributed by atoms with E-state index in [1.807, 2.05) is 30.3 Å². The van der Waals surface area contributed by atoms with Gasteiger partial charge in [-0.05, 0) is 60.4 Å². The molecule has 0 radical (unpaired) electrons. The Kier molecular flexibility index (Phi) is 8.41. The van der Waals surface area contributed by atoms with E-state index in [4.69, 9.17) is 4.74 Å². The zero-order valence-electron chi connectivity index (χ0n) is 21.7. The van der Waals surface area contributed by atoms with Crippen LogP contribution >= 0.6 is 0 Å². The van der Waals surface area contributed by atoms with Crippen LogP contribution in [-0.4, -0.2) is 53.3 Å². The summed E-state index contributed by atoms with van der Waals surface area (Å²) in [5.41, 5.74) is 0.627. The first-order valence-electron chi connectivity index (χ1n) is 12.6. The van der Waals surface area contributed by atoms with Gasteiger partial charge < -0.3 is 19.9 Å². The summed E-state index contributed by atoms with van der Waals surface area (Å²) >= 11 is 0. The van der Waals surface area contributed by atoms with Crippen LogP contribution in [0.25, 0.3) is 0 Å². The normalized spacial score (nSPS) is 14.4. The van der Waals surface area contributed by atoms with Crippen LogP contribution in [0.4, 0.5) is 4.39 Å². The van der Waals surface area contributed by atoms with Crippen molar-refractivity contribution in [3.05, 3.63) is 101 Å². The molecule has 4 rings (SSSR count). The first kappa shape index (κ1) is 26.9. The molecule has 0 spiro atoms. The van der Waals surface area contributed by atoms with E-state index in [2.05, 4.69) is 5.32 Å². The summed E-state index contributed by atoms with van der Waals surface area (Å²) in [5, 5.41) is 3.03. The standard InChI is InChI=1S/C30H32FN3O4/c1-22(35)33-17-15-30(16-18-33,29(37)32-20-23-7-4-3-5-8-23)34(21-24-9-6-10-26(31)19-24)28(36)25-11-13-27(38-2)14-12-25/h3-14,19H,15-18,20-21H2,1-2H3,(H,32,37). The van der Waals surface area contributed by atoms with Gasteiger partial charge in [0.05, 0.1) is 7.11 Å². The molecule has 1 fully saturated rings. The molecule has 7 nitrogen and oxygen atoms in total. The molecule has 1 N–H and O–H groups in total. The zero-order chi connectivity index (χ0) is 27.1. The van der Waals surface area contributed by atoms with Crippen molar-refractivity contribution in [2.75, 3.05) is 20.2 Å². The highest BCUT2D eigenvalue weighted by Crippen LogP contribution is 2.33. The number of likely N-dealkylation sites (tertiary alicyclic amines) is 1. The molecule has 198 valence electrons. The molecule has 1 aliphatic rings. The molecular formula is C30H32FN3O4. The van der Waals surface area contributed by atoms with Gasteiger partial charge in [0.2, 0.25) is 11.8 Å². The van der Waals surface area contributed by atoms with E-state index in [-0.39, 0.29) is 37.1 Å². The fourth-order valence-electron chi connectivity index (χ4n) is 4.88. The summed E-state index contributed by atoms with van der Waals surface area (Å²) in [6.07, 6.45) is 0.509. The zero-order valence-corrected chi connectivity index (χ0v) is 21.7. The summed E-state index contributed by atoms with van der Waals surface area (Å²) in [6.45, 7) is 2.46. The lowest BCUT2D eigenvalue weighted by Crippen LogP contribution is -2.64. The Bertz CT molecular complexity index is 1270. The molecule has 38 heavy (non-hydrogen) atoms. The van der Waals surface area contributed by atoms with Crippen molar-refractivity contribution in [3.63, 3.8) is 0 Å². The lowest BCUT2D eigenvalue weighted by molar-refractivity contribution is -0.141. The van der Waals surface area contributed by atoms with Crippen molar-refractivity contribution in [2.45, 2.75) is 38.4 Å². The number of methoxy groups -OCH3 is 1. The van der Waals surface area contributed by atoms with Crippen LogP contribution in [0.15, 0.2) is 78.9 Å². The first-order valence-corrected chi connectivity index (χ1v) is 12.6. The second kappa shape index (κ2) is 11.9. The SMILES string of the molecule is COc1ccc(C(=O)N(Cc2cccc(F)c2)C2(C(=O)NCc3ccccc3)CCN(C(C)=O)CC2)cc1. The lowest BCUT2D eigenvalue weighted by atomic mass is 9.83. The van der Waals surface area contributed by atoms with Gasteiger partial charge >= 0.3 is 0 Å². The van der Waals surface area contributed by atoms with Gasteiger partial charge in [-0.25, -0.2) is 4.39 Å². The van der Waals surface area contributed by atoms with E-state index in [0.717, 1.165) is 5.56 Å². The monoisotopic (exact) mass is 517 g/mol. The minimum absolute atomic E-state index is 0.0292. The van der Waals surface area contributed by atoms with Crippen LogP contribution in [0, 0.1) is 5.82 Å². The largest absolute Gasteiger partial charge is 0.497 e. The number of halogens is 1. The molecule has 3 amide bonds. The second-order valence-corrected chi connectivity index (χ2v) is 9.46. The molecule has 0 aromatic heterocycles. The number of piperidine rings is 1. The van der Waals surface area contributed by atoms with Gasteiger partial charge in [-0.3, -0.25) is 14.4 Å². The number of ether oxygens (including phenoxy) is 1. The smallest absolute Gasteiger partial charge is 0.255 e. The molecule has 1 saturated heterocycles. The fraction of sp³-hybridized carbons (Fsp3) is 0.300. The molecule has 1 aliphatic heterocycles. The Morgan fingerprint density at radius 2 is 1.61 bits per heavy atom. The van der Waals surface area contributed by atoms with Crippen molar-refractivity contribution >= 4 is 17.7 Å². The van der Waals surface area contributed by atoms with Crippen LogP contribution in [0.2, 0.25) is 0 Å². The van der Waals surface area contributed by atoms with Gasteiger partial charge in [-0.1, -0.05) is 42.5 Å². The second-order valence-electron chi connectivity index (χ2n) is 9.46. The molecular weight excluding hydrogens is 485 g/mol. The highest BCUT2D eigenvalue weighted by Gasteiger charge is 2.48. The van der Waals surface area contributed by atoms with Crippen LogP contribution in [0.5, 0.6) is 5.75 Å². The Balaban J connectivity index is 1.73. The van der Waals surface area contributed by atoms with Crippen LogP contribution in [0.3, 0.4) is 0 Å². The minimum Gasteiger partial charge on any atom is -0.497 e. The maximum Gasteiger partial charge on any atom is 0.255 e. The topological polar surface area (TPSA) is 79.0 Å². The van der Waals surface area contributed by atoms with Crippen molar-refractivity contribution in [2.24, 2.45) is 0 Å². The lowest BCUT2D eigenvalue weighted by Gasteiger charge is -2.47. The number of rotatable bonds is 8. The molecule has 1 heterocycles. The molecule has 0 atom stereocenters. The third kappa shape index (κ3) is 6.02. The fourth-order valence-corrected chi connectivity index (χ4v) is 4.88. The average molecular weight is 518 g/mol. The molecule has 0 unspecified atom stereocenters. The van der Waals surface area contributed by atoms with Crippen molar-refractivity contribution in [1.82, 2.24) is 15.1 Å². The first-order chi connectivity index (χ1) is 18.3. The maximum absolute atomic E-state index is 14.1. The van der Waals surface area contributed by atoms with Crippen molar-refractivity contribution in [1.29, 1.82) is 0 Å². The highest BCUT2D eigenvalue weighted by atomic mass is 19.1. The quantitative estimate of drug-likeness (QED) is 0.487. The van der Waals surface area contributed by atoms with Gasteiger partial charge in [-0.15, -0.1) is 0 Å². The third-order valence-corrected chi connectivity index (χ3v) is 7.08. The highest BCUT2D eigenvalue weighted by molar-refractivity contribution is 5.99. The van der Waals surface area contributed by atoms with Gasteiger partial charge in [0.1, 0.15) is 17.1 Å². The van der Waals surface area contributed by atoms with Crippen LogP contribution in [0.1, 0.15) is 41.3 Å². The summed E-state index contributed by atoms with van der Waals surface area (Å²) in [7, 11) is 1.54. The van der Waals surface area contributed by atoms with Gasteiger partial charge in [0.25, 0.3) is 5.91 Å². The Morgan fingerprint density at radius 1 is 0.947 bits per heavy atom. The van der Waals surface area contributed by atoms with Gasteiger partial charge in [-0.2, -0.15) is 0 Å². The number of hydrogen-bond acceptors (Lipinski definition) is 4. The van der Waals surface area contributed by atoms with E-state index in [1.54, 1.807) is 53.3 Å². The summed E-state index contributed by atoms with van der Waals surface area (Å²) in [4.78, 5) is 43.4. The summed E-state index contributed by atoms with van der Waals surface area (Å²) < 4.78 is 19.4. The number of hydrogen-bond donors (Lipinski definition) is 1. The molecule has 0 aliphatic carbocycles.